The van der Waals surface area contributed by atoms with Gasteiger partial charge in [0, 0.05) is 6.20 Å². The number of aryl methyl sites for hydroxylation is 1. The minimum Gasteiger partial charge on any atom is -0.286 e. The van der Waals surface area contributed by atoms with E-state index in [0.29, 0.717) is 5.69 Å². The van der Waals surface area contributed by atoms with Crippen molar-refractivity contribution in [1.82, 2.24) is 25.2 Å². The zero-order valence-corrected chi connectivity index (χ0v) is 7.95. The molecule has 2 heterocycles. The average Bonchev–Trinajstić information content (AvgIpc) is 2.65. The van der Waals surface area contributed by atoms with Crippen molar-refractivity contribution in [3.63, 3.8) is 0 Å². The highest BCUT2D eigenvalue weighted by Gasteiger charge is 2.09. The molecule has 0 atom stereocenters. The molecule has 0 saturated carbocycles. The van der Waals surface area contributed by atoms with Crippen LogP contribution in [0.25, 0.3) is 0 Å². The largest absolute Gasteiger partial charge is 0.286 e. The van der Waals surface area contributed by atoms with E-state index >= 15 is 0 Å². The van der Waals surface area contributed by atoms with Crippen molar-refractivity contribution < 1.29 is 4.79 Å². The number of anilines is 1. The Bertz CT molecular complexity index is 465. The highest BCUT2D eigenvalue weighted by Crippen LogP contribution is 1.98. The number of hydrogen-bond acceptors (Lipinski definition) is 5. The molecule has 2 aromatic heterocycles. The first-order valence-corrected chi connectivity index (χ1v) is 4.22. The number of carbonyl (C=O) groups is 1. The summed E-state index contributed by atoms with van der Waals surface area (Å²) >= 11 is 0. The molecule has 1 N–H and O–H groups in total. The smallest absolute Gasteiger partial charge is 0.276 e. The first-order chi connectivity index (χ1) is 7.25. The Morgan fingerprint density at radius 2 is 2.33 bits per heavy atom. The van der Waals surface area contributed by atoms with Gasteiger partial charge < -0.3 is 0 Å². The molecule has 0 aromatic carbocycles. The molecule has 7 heteroatoms. The van der Waals surface area contributed by atoms with Crippen LogP contribution in [0.5, 0.6) is 0 Å². The summed E-state index contributed by atoms with van der Waals surface area (Å²) in [5.74, 6) is -0.197. The van der Waals surface area contributed by atoms with E-state index in [2.05, 4.69) is 25.7 Å². The summed E-state index contributed by atoms with van der Waals surface area (Å²) in [7, 11) is 1.61. The fraction of sp³-hybridized carbons (Fsp3) is 0.125. The number of tetrazole rings is 1. The zero-order valence-electron chi connectivity index (χ0n) is 7.95. The molecule has 0 unspecified atom stereocenters. The van der Waals surface area contributed by atoms with Gasteiger partial charge in [0.1, 0.15) is 5.69 Å². The summed E-state index contributed by atoms with van der Waals surface area (Å²) in [6.07, 6.45) is 1.54. The third-order valence-corrected chi connectivity index (χ3v) is 1.63. The Morgan fingerprint density at radius 1 is 1.47 bits per heavy atom. The average molecular weight is 204 g/mol. The third kappa shape index (κ3) is 2.13. The van der Waals surface area contributed by atoms with Crippen molar-refractivity contribution in [3.8, 4) is 0 Å². The van der Waals surface area contributed by atoms with Crippen LogP contribution in [-0.2, 0) is 7.05 Å². The molecule has 15 heavy (non-hydrogen) atoms. The van der Waals surface area contributed by atoms with Crippen molar-refractivity contribution in [3.05, 3.63) is 30.1 Å². The van der Waals surface area contributed by atoms with Crippen LogP contribution in [0.15, 0.2) is 24.4 Å². The van der Waals surface area contributed by atoms with Gasteiger partial charge in [-0.1, -0.05) is 11.2 Å². The molecule has 0 radical (unpaired) electrons. The normalized spacial score (nSPS) is 9.93. The molecule has 76 valence electrons. The molecular formula is C8H8N6O. The van der Waals surface area contributed by atoms with E-state index in [1.54, 1.807) is 31.4 Å². The van der Waals surface area contributed by atoms with Gasteiger partial charge in [0.15, 0.2) is 0 Å². The van der Waals surface area contributed by atoms with Crippen LogP contribution in [0.1, 0.15) is 10.5 Å². The van der Waals surface area contributed by atoms with Crippen molar-refractivity contribution in [1.29, 1.82) is 0 Å². The van der Waals surface area contributed by atoms with Gasteiger partial charge in [0.05, 0.1) is 7.05 Å². The molecular weight excluding hydrogens is 196 g/mol. The van der Waals surface area contributed by atoms with Crippen molar-refractivity contribution in [2.45, 2.75) is 0 Å². The van der Waals surface area contributed by atoms with E-state index in [0.717, 1.165) is 0 Å². The summed E-state index contributed by atoms with van der Waals surface area (Å²) in [5, 5.41) is 13.5. The minimum atomic E-state index is -0.358. The molecule has 2 aromatic rings. The van der Waals surface area contributed by atoms with Gasteiger partial charge in [-0.3, -0.25) is 15.1 Å². The lowest BCUT2D eigenvalue weighted by Crippen LogP contribution is -2.14. The Morgan fingerprint density at radius 3 is 2.93 bits per heavy atom. The Hall–Kier alpha value is -2.31. The van der Waals surface area contributed by atoms with Gasteiger partial charge in [0.2, 0.25) is 0 Å². The molecule has 2 rings (SSSR count). The van der Waals surface area contributed by atoms with E-state index in [1.807, 2.05) is 0 Å². The maximum absolute atomic E-state index is 11.5. The molecule has 0 bridgehead atoms. The number of aromatic nitrogens is 5. The van der Waals surface area contributed by atoms with Crippen LogP contribution in [0, 0.1) is 0 Å². The third-order valence-electron chi connectivity index (χ3n) is 1.63. The number of nitrogens with one attached hydrogen (secondary N) is 1. The Balaban J connectivity index is 2.11. The second-order valence-corrected chi connectivity index (χ2v) is 2.77. The summed E-state index contributed by atoms with van der Waals surface area (Å²) in [4.78, 5) is 16.7. The fourth-order valence-corrected chi connectivity index (χ4v) is 0.997. The monoisotopic (exact) mass is 204 g/mol. The van der Waals surface area contributed by atoms with Gasteiger partial charge in [0.25, 0.3) is 11.9 Å². The predicted molar refractivity (Wildman–Crippen MR) is 51.0 cm³/mol. The van der Waals surface area contributed by atoms with Gasteiger partial charge in [-0.2, -0.15) is 4.80 Å². The van der Waals surface area contributed by atoms with Crippen LogP contribution in [0.4, 0.5) is 5.95 Å². The number of nitrogens with zero attached hydrogens (tertiary/aromatic N) is 5. The molecule has 0 spiro atoms. The van der Waals surface area contributed by atoms with Crippen LogP contribution >= 0.6 is 0 Å². The highest BCUT2D eigenvalue weighted by molar-refractivity contribution is 6.01. The number of carbonyl (C=O) groups excluding carboxylic acids is 1. The minimum absolute atomic E-state index is 0.160. The first-order valence-electron chi connectivity index (χ1n) is 4.22. The number of rotatable bonds is 2. The van der Waals surface area contributed by atoms with E-state index in [-0.39, 0.29) is 11.9 Å². The Kier molecular flexibility index (Phi) is 2.36. The van der Waals surface area contributed by atoms with Crippen molar-refractivity contribution >= 4 is 11.9 Å². The van der Waals surface area contributed by atoms with Gasteiger partial charge in [-0.25, -0.2) is 0 Å². The van der Waals surface area contributed by atoms with Crippen LogP contribution in [0.3, 0.4) is 0 Å². The van der Waals surface area contributed by atoms with E-state index in [4.69, 9.17) is 0 Å². The summed E-state index contributed by atoms with van der Waals surface area (Å²) in [6.45, 7) is 0. The molecule has 7 nitrogen and oxygen atoms in total. The molecule has 0 aliphatic carbocycles. The second kappa shape index (κ2) is 3.82. The lowest BCUT2D eigenvalue weighted by Gasteiger charge is -1.97. The van der Waals surface area contributed by atoms with E-state index < -0.39 is 0 Å². The van der Waals surface area contributed by atoms with Gasteiger partial charge in [-0.15, -0.1) is 5.10 Å². The molecule has 0 fully saturated rings. The number of amides is 1. The SMILES string of the molecule is Cn1nnc(NC(=O)c2ccccn2)n1. The van der Waals surface area contributed by atoms with Gasteiger partial charge >= 0.3 is 0 Å². The first kappa shape index (κ1) is 9.25. The quantitative estimate of drug-likeness (QED) is 0.735. The van der Waals surface area contributed by atoms with Crippen LogP contribution in [-0.4, -0.2) is 31.1 Å². The van der Waals surface area contributed by atoms with E-state index in [1.165, 1.54) is 4.80 Å². The van der Waals surface area contributed by atoms with Crippen LogP contribution < -0.4 is 5.32 Å². The number of hydrogen-bond donors (Lipinski definition) is 1. The second-order valence-electron chi connectivity index (χ2n) is 2.77. The van der Waals surface area contributed by atoms with Crippen molar-refractivity contribution in [2.24, 2.45) is 7.05 Å². The van der Waals surface area contributed by atoms with E-state index in [9.17, 15) is 4.79 Å². The molecule has 0 saturated heterocycles. The lowest BCUT2D eigenvalue weighted by atomic mass is 10.3. The predicted octanol–water partition coefficient (Wildman–Crippen LogP) is -0.143. The molecule has 1 amide bonds. The zero-order chi connectivity index (χ0) is 10.7. The summed E-state index contributed by atoms with van der Waals surface area (Å²) in [6, 6.07) is 5.06. The maximum Gasteiger partial charge on any atom is 0.276 e. The fourth-order valence-electron chi connectivity index (χ4n) is 0.997. The topological polar surface area (TPSA) is 85.6 Å². The van der Waals surface area contributed by atoms with Gasteiger partial charge in [-0.05, 0) is 17.3 Å². The number of pyridine rings is 1. The highest BCUT2D eigenvalue weighted by atomic mass is 16.2. The Labute approximate surface area is 85.1 Å². The summed E-state index contributed by atoms with van der Waals surface area (Å²) < 4.78 is 0. The standard InChI is InChI=1S/C8H8N6O/c1-14-12-8(11-13-14)10-7(15)6-4-2-3-5-9-6/h2-5H,1H3,(H,10,12,15). The molecule has 0 aliphatic rings. The molecule has 0 aliphatic heterocycles. The maximum atomic E-state index is 11.5. The lowest BCUT2D eigenvalue weighted by molar-refractivity contribution is 0.102. The van der Waals surface area contributed by atoms with Crippen LogP contribution in [0.2, 0.25) is 0 Å². The summed E-state index contributed by atoms with van der Waals surface area (Å²) in [5.41, 5.74) is 0.310. The van der Waals surface area contributed by atoms with Crippen molar-refractivity contribution in [2.75, 3.05) is 5.32 Å².